The summed E-state index contributed by atoms with van der Waals surface area (Å²) in [6, 6.07) is 4.94. The maximum absolute atomic E-state index is 11.0. The van der Waals surface area contributed by atoms with Gasteiger partial charge in [-0.05, 0) is 37.1 Å². The first-order valence-electron chi connectivity index (χ1n) is 6.42. The average molecular weight is 291 g/mol. The fraction of sp³-hybridized carbons (Fsp3) is 0.333. The summed E-state index contributed by atoms with van der Waals surface area (Å²) in [4.78, 5) is 11.0. The van der Waals surface area contributed by atoms with Gasteiger partial charge in [-0.25, -0.2) is 4.79 Å². The number of carboxylic acid groups (broad SMARTS) is 1. The van der Waals surface area contributed by atoms with Gasteiger partial charge in [0.15, 0.2) is 5.76 Å². The van der Waals surface area contributed by atoms with Crippen molar-refractivity contribution in [2.45, 2.75) is 27.1 Å². The van der Waals surface area contributed by atoms with E-state index < -0.39 is 5.97 Å². The number of hydrogen-bond donors (Lipinski definition) is 1. The van der Waals surface area contributed by atoms with E-state index in [0.29, 0.717) is 23.8 Å². The molecule has 0 saturated carbocycles. The minimum Gasteiger partial charge on any atom is -0.487 e. The molecule has 0 spiro atoms. The molecule has 0 amide bonds. The van der Waals surface area contributed by atoms with E-state index in [9.17, 15) is 4.79 Å². The average Bonchev–Trinajstić information content (AvgIpc) is 2.85. The van der Waals surface area contributed by atoms with E-state index in [-0.39, 0.29) is 12.2 Å². The molecule has 0 aliphatic heterocycles. The maximum Gasteiger partial charge on any atom is 0.335 e. The number of hydrogen-bond acceptors (Lipinski definition) is 5. The van der Waals surface area contributed by atoms with Gasteiger partial charge in [0.25, 0.3) is 0 Å². The van der Waals surface area contributed by atoms with Crippen molar-refractivity contribution in [1.29, 1.82) is 0 Å². The lowest BCUT2D eigenvalue weighted by Crippen LogP contribution is -2.03. The summed E-state index contributed by atoms with van der Waals surface area (Å²) in [6.07, 6.45) is 0. The van der Waals surface area contributed by atoms with E-state index in [2.05, 4.69) is 5.16 Å². The number of rotatable bonds is 6. The molecular formula is C15H17NO5. The molecule has 1 aromatic carbocycles. The molecule has 2 aromatic rings. The maximum atomic E-state index is 11.0. The summed E-state index contributed by atoms with van der Waals surface area (Å²) < 4.78 is 15.7. The number of methoxy groups -OCH3 is 1. The Morgan fingerprint density at radius 1 is 1.24 bits per heavy atom. The van der Waals surface area contributed by atoms with Crippen molar-refractivity contribution >= 4 is 5.97 Å². The smallest absolute Gasteiger partial charge is 0.335 e. The highest BCUT2D eigenvalue weighted by Gasteiger charge is 2.12. The molecule has 0 unspecified atom stereocenters. The van der Waals surface area contributed by atoms with Gasteiger partial charge in [0.05, 0.1) is 5.56 Å². The van der Waals surface area contributed by atoms with Crippen molar-refractivity contribution in [2.75, 3.05) is 7.11 Å². The van der Waals surface area contributed by atoms with Gasteiger partial charge in [0.1, 0.15) is 24.7 Å². The summed E-state index contributed by atoms with van der Waals surface area (Å²) in [5.74, 6) is 0.343. The van der Waals surface area contributed by atoms with Crippen molar-refractivity contribution in [1.82, 2.24) is 5.16 Å². The van der Waals surface area contributed by atoms with Crippen LogP contribution >= 0.6 is 0 Å². The van der Waals surface area contributed by atoms with E-state index in [0.717, 1.165) is 11.1 Å². The molecule has 0 aliphatic carbocycles. The van der Waals surface area contributed by atoms with Crippen LogP contribution in [0.2, 0.25) is 0 Å². The zero-order valence-corrected chi connectivity index (χ0v) is 12.2. The molecule has 6 heteroatoms. The van der Waals surface area contributed by atoms with Crippen molar-refractivity contribution in [3.63, 3.8) is 0 Å². The Balaban J connectivity index is 2.10. The highest BCUT2D eigenvalue weighted by atomic mass is 16.5. The molecule has 112 valence electrons. The standard InChI is InChI=1S/C15H17NO5/c1-9-4-11(15(17)18)5-10(2)14(9)20-7-12-6-13(8-19-3)21-16-12/h4-6H,7-8H2,1-3H3,(H,17,18). The first-order chi connectivity index (χ1) is 10.0. The van der Waals surface area contributed by atoms with Crippen LogP contribution in [0.15, 0.2) is 22.7 Å². The van der Waals surface area contributed by atoms with Gasteiger partial charge in [-0.15, -0.1) is 0 Å². The first-order valence-corrected chi connectivity index (χ1v) is 6.42. The van der Waals surface area contributed by atoms with Crippen LogP contribution in [-0.4, -0.2) is 23.3 Å². The minimum absolute atomic E-state index is 0.251. The predicted octanol–water partition coefficient (Wildman–Crippen LogP) is 2.72. The lowest BCUT2D eigenvalue weighted by Gasteiger charge is -2.11. The summed E-state index contributed by atoms with van der Waals surface area (Å²) in [6.45, 7) is 4.24. The number of carboxylic acids is 1. The molecule has 0 atom stereocenters. The molecule has 0 aliphatic rings. The molecule has 1 heterocycles. The number of aromatic nitrogens is 1. The molecule has 0 fully saturated rings. The Labute approximate surface area is 122 Å². The van der Waals surface area contributed by atoms with Crippen LogP contribution in [0, 0.1) is 13.8 Å². The van der Waals surface area contributed by atoms with Gasteiger partial charge < -0.3 is 19.1 Å². The Kier molecular flexibility index (Phi) is 4.59. The van der Waals surface area contributed by atoms with Crippen molar-refractivity contribution in [3.8, 4) is 5.75 Å². The highest BCUT2D eigenvalue weighted by Crippen LogP contribution is 2.25. The Morgan fingerprint density at radius 2 is 1.90 bits per heavy atom. The Morgan fingerprint density at radius 3 is 2.48 bits per heavy atom. The predicted molar refractivity (Wildman–Crippen MR) is 74.4 cm³/mol. The topological polar surface area (TPSA) is 81.8 Å². The second-order valence-corrected chi connectivity index (χ2v) is 4.75. The van der Waals surface area contributed by atoms with Crippen LogP contribution in [0.1, 0.15) is 32.9 Å². The fourth-order valence-corrected chi connectivity index (χ4v) is 2.08. The first kappa shape index (κ1) is 15.1. The van der Waals surface area contributed by atoms with E-state index >= 15 is 0 Å². The van der Waals surface area contributed by atoms with Crippen molar-refractivity contribution < 1.29 is 23.9 Å². The lowest BCUT2D eigenvalue weighted by atomic mass is 10.1. The van der Waals surface area contributed by atoms with Gasteiger partial charge in [-0.1, -0.05) is 5.16 Å². The zero-order valence-electron chi connectivity index (χ0n) is 12.2. The molecule has 0 saturated heterocycles. The second kappa shape index (κ2) is 6.41. The van der Waals surface area contributed by atoms with Gasteiger partial charge >= 0.3 is 5.97 Å². The molecule has 6 nitrogen and oxygen atoms in total. The van der Waals surface area contributed by atoms with Gasteiger partial charge in [0, 0.05) is 13.2 Å². The van der Waals surface area contributed by atoms with Crippen LogP contribution in [0.4, 0.5) is 0 Å². The monoisotopic (exact) mass is 291 g/mol. The minimum atomic E-state index is -0.951. The van der Waals surface area contributed by atoms with E-state index in [1.54, 1.807) is 25.3 Å². The third-order valence-electron chi connectivity index (χ3n) is 2.97. The van der Waals surface area contributed by atoms with Crippen LogP contribution in [0.3, 0.4) is 0 Å². The van der Waals surface area contributed by atoms with Crippen LogP contribution in [0.5, 0.6) is 5.75 Å². The quantitative estimate of drug-likeness (QED) is 0.881. The summed E-state index contributed by atoms with van der Waals surface area (Å²) in [5, 5.41) is 12.9. The van der Waals surface area contributed by atoms with Gasteiger partial charge in [0.2, 0.25) is 0 Å². The van der Waals surface area contributed by atoms with E-state index in [1.165, 1.54) is 0 Å². The van der Waals surface area contributed by atoms with Crippen molar-refractivity contribution in [3.05, 3.63) is 46.3 Å². The van der Waals surface area contributed by atoms with Crippen molar-refractivity contribution in [2.24, 2.45) is 0 Å². The Hall–Kier alpha value is -2.34. The zero-order chi connectivity index (χ0) is 15.4. The van der Waals surface area contributed by atoms with Crippen LogP contribution in [0.25, 0.3) is 0 Å². The number of ether oxygens (including phenoxy) is 2. The van der Waals surface area contributed by atoms with E-state index in [4.69, 9.17) is 19.1 Å². The SMILES string of the molecule is COCc1cc(COc2c(C)cc(C(=O)O)cc2C)no1. The molecule has 2 rings (SSSR count). The van der Waals surface area contributed by atoms with Gasteiger partial charge in [-0.3, -0.25) is 0 Å². The normalized spacial score (nSPS) is 10.6. The fourth-order valence-electron chi connectivity index (χ4n) is 2.08. The summed E-state index contributed by atoms with van der Waals surface area (Å²) in [7, 11) is 1.58. The van der Waals surface area contributed by atoms with Crippen LogP contribution < -0.4 is 4.74 Å². The summed E-state index contributed by atoms with van der Waals surface area (Å²) in [5.41, 5.74) is 2.45. The highest BCUT2D eigenvalue weighted by molar-refractivity contribution is 5.88. The van der Waals surface area contributed by atoms with Gasteiger partial charge in [-0.2, -0.15) is 0 Å². The molecule has 1 aromatic heterocycles. The number of carbonyl (C=O) groups is 1. The number of aromatic carboxylic acids is 1. The number of benzene rings is 1. The lowest BCUT2D eigenvalue weighted by molar-refractivity contribution is 0.0696. The molecular weight excluding hydrogens is 274 g/mol. The molecule has 0 bridgehead atoms. The summed E-state index contributed by atoms with van der Waals surface area (Å²) >= 11 is 0. The molecule has 21 heavy (non-hydrogen) atoms. The second-order valence-electron chi connectivity index (χ2n) is 4.75. The van der Waals surface area contributed by atoms with E-state index in [1.807, 2.05) is 13.8 Å². The Bertz CT molecular complexity index is 624. The third kappa shape index (κ3) is 3.61. The molecule has 1 N–H and O–H groups in total. The number of aryl methyl sites for hydroxylation is 2. The number of nitrogens with zero attached hydrogens (tertiary/aromatic N) is 1. The third-order valence-corrected chi connectivity index (χ3v) is 2.97. The molecule has 0 radical (unpaired) electrons. The van der Waals surface area contributed by atoms with Crippen LogP contribution in [-0.2, 0) is 18.0 Å². The largest absolute Gasteiger partial charge is 0.487 e.